The van der Waals surface area contributed by atoms with Gasteiger partial charge in [0.1, 0.15) is 16.4 Å². The maximum Gasteiger partial charge on any atom is 0.158 e. The molecule has 0 unspecified atom stereocenters. The summed E-state index contributed by atoms with van der Waals surface area (Å²) in [4.78, 5) is 11.3. The van der Waals surface area contributed by atoms with Crippen LogP contribution in [0.25, 0.3) is 0 Å². The molecule has 5 heteroatoms. The first-order valence-corrected chi connectivity index (χ1v) is 6.99. The predicted molar refractivity (Wildman–Crippen MR) is 59.7 cm³/mol. The van der Waals surface area contributed by atoms with Gasteiger partial charge >= 0.3 is 0 Å². The van der Waals surface area contributed by atoms with Crippen LogP contribution >= 0.6 is 0 Å². The zero-order valence-corrected chi connectivity index (χ0v) is 10.7. The van der Waals surface area contributed by atoms with Crippen LogP contribution in [0.2, 0.25) is 0 Å². The van der Waals surface area contributed by atoms with Crippen molar-refractivity contribution in [3.63, 3.8) is 0 Å². The van der Waals surface area contributed by atoms with Gasteiger partial charge in [0.2, 0.25) is 0 Å². The van der Waals surface area contributed by atoms with Crippen LogP contribution in [0.3, 0.4) is 0 Å². The molecule has 0 aromatic carbocycles. The molecule has 0 radical (unpaired) electrons. The van der Waals surface area contributed by atoms with Gasteiger partial charge in [-0.1, -0.05) is 0 Å². The lowest BCUT2D eigenvalue weighted by Gasteiger charge is -2.18. The normalized spacial score (nSPS) is 12.8. The van der Waals surface area contributed by atoms with Crippen LogP contribution in [0.15, 0.2) is 0 Å². The molecule has 0 heterocycles. The van der Waals surface area contributed by atoms with Gasteiger partial charge in [-0.05, 0) is 27.2 Å². The van der Waals surface area contributed by atoms with Gasteiger partial charge in [-0.25, -0.2) is 8.42 Å². The van der Waals surface area contributed by atoms with Gasteiger partial charge in [0, 0.05) is 12.7 Å². The number of carbonyl (C=O) groups is 1. The Bertz CT molecular complexity index is 298. The lowest BCUT2D eigenvalue weighted by atomic mass is 10.2. The highest BCUT2D eigenvalue weighted by molar-refractivity contribution is 7.90. The Balaban J connectivity index is 3.69. The van der Waals surface area contributed by atoms with Crippen molar-refractivity contribution in [1.82, 2.24) is 0 Å². The van der Waals surface area contributed by atoms with E-state index in [1.165, 1.54) is 6.26 Å². The monoisotopic (exact) mass is 236 g/mol. The Morgan fingerprint density at radius 3 is 2.20 bits per heavy atom. The van der Waals surface area contributed by atoms with Crippen LogP contribution in [0.5, 0.6) is 0 Å². The van der Waals surface area contributed by atoms with Crippen molar-refractivity contribution in [3.05, 3.63) is 0 Å². The Kier molecular flexibility index (Phi) is 5.45. The SMILES string of the molecule is CC(C)(C)OCC(=O)CCCS(C)(=O)=O. The minimum absolute atomic E-state index is 0.0476. The highest BCUT2D eigenvalue weighted by atomic mass is 32.2. The van der Waals surface area contributed by atoms with Crippen molar-refractivity contribution in [2.24, 2.45) is 0 Å². The van der Waals surface area contributed by atoms with E-state index in [-0.39, 0.29) is 30.2 Å². The van der Waals surface area contributed by atoms with Gasteiger partial charge in [-0.2, -0.15) is 0 Å². The zero-order valence-electron chi connectivity index (χ0n) is 9.87. The maximum absolute atomic E-state index is 11.3. The summed E-state index contributed by atoms with van der Waals surface area (Å²) in [6.45, 7) is 5.68. The van der Waals surface area contributed by atoms with E-state index in [9.17, 15) is 13.2 Å². The molecule has 0 saturated heterocycles. The molecule has 0 bridgehead atoms. The van der Waals surface area contributed by atoms with E-state index in [4.69, 9.17) is 4.74 Å². The van der Waals surface area contributed by atoms with Gasteiger partial charge in [-0.15, -0.1) is 0 Å². The first-order chi connectivity index (χ1) is 6.60. The second kappa shape index (κ2) is 5.61. The summed E-state index contributed by atoms with van der Waals surface area (Å²) in [5.74, 6) is 0.0161. The topological polar surface area (TPSA) is 60.4 Å². The Labute approximate surface area is 91.9 Å². The standard InChI is InChI=1S/C10H20O4S/c1-10(2,3)14-8-9(11)6-5-7-15(4,12)13/h5-8H2,1-4H3. The molecular weight excluding hydrogens is 216 g/mol. The molecule has 0 aromatic rings. The fourth-order valence-electron chi connectivity index (χ4n) is 0.901. The number of rotatable bonds is 6. The number of hydrogen-bond acceptors (Lipinski definition) is 4. The Morgan fingerprint density at radius 2 is 1.80 bits per heavy atom. The van der Waals surface area contributed by atoms with Gasteiger partial charge in [-0.3, -0.25) is 4.79 Å². The van der Waals surface area contributed by atoms with Crippen LogP contribution in [-0.2, 0) is 19.4 Å². The average molecular weight is 236 g/mol. The molecule has 0 saturated carbocycles. The van der Waals surface area contributed by atoms with E-state index in [1.807, 2.05) is 20.8 Å². The van der Waals surface area contributed by atoms with Crippen molar-refractivity contribution in [1.29, 1.82) is 0 Å². The predicted octanol–water partition coefficient (Wildman–Crippen LogP) is 1.20. The van der Waals surface area contributed by atoms with E-state index in [0.29, 0.717) is 6.42 Å². The van der Waals surface area contributed by atoms with E-state index in [0.717, 1.165) is 0 Å². The van der Waals surface area contributed by atoms with Crippen molar-refractivity contribution in [2.75, 3.05) is 18.6 Å². The maximum atomic E-state index is 11.3. The molecule has 0 aliphatic rings. The van der Waals surface area contributed by atoms with Crippen molar-refractivity contribution in [2.45, 2.75) is 39.2 Å². The molecule has 0 aliphatic carbocycles. The lowest BCUT2D eigenvalue weighted by molar-refractivity contribution is -0.128. The van der Waals surface area contributed by atoms with Crippen LogP contribution in [-0.4, -0.2) is 38.4 Å². The fraction of sp³-hybridized carbons (Fsp3) is 0.900. The molecule has 0 spiro atoms. The molecule has 0 aliphatic heterocycles. The zero-order chi connectivity index (χ0) is 12.1. The molecule has 0 N–H and O–H groups in total. The largest absolute Gasteiger partial charge is 0.368 e. The third kappa shape index (κ3) is 11.5. The second-order valence-electron chi connectivity index (χ2n) is 4.67. The van der Waals surface area contributed by atoms with Gasteiger partial charge in [0.25, 0.3) is 0 Å². The first-order valence-electron chi connectivity index (χ1n) is 4.93. The molecule has 4 nitrogen and oxygen atoms in total. The number of sulfone groups is 1. The van der Waals surface area contributed by atoms with Gasteiger partial charge in [0.15, 0.2) is 5.78 Å². The third-order valence-corrected chi connectivity index (χ3v) is 2.67. The molecule has 90 valence electrons. The average Bonchev–Trinajstić information content (AvgIpc) is 1.97. The van der Waals surface area contributed by atoms with E-state index in [2.05, 4.69) is 0 Å². The van der Waals surface area contributed by atoms with Crippen molar-refractivity contribution >= 4 is 15.6 Å². The molecule has 0 amide bonds. The number of ether oxygens (including phenoxy) is 1. The fourth-order valence-corrected chi connectivity index (χ4v) is 1.57. The molecule has 15 heavy (non-hydrogen) atoms. The summed E-state index contributed by atoms with van der Waals surface area (Å²) < 4.78 is 26.8. The summed E-state index contributed by atoms with van der Waals surface area (Å²) in [5.41, 5.74) is -0.327. The van der Waals surface area contributed by atoms with Crippen molar-refractivity contribution in [3.8, 4) is 0 Å². The van der Waals surface area contributed by atoms with Crippen LogP contribution in [0, 0.1) is 0 Å². The number of Topliss-reactive ketones (excluding diaryl/α,β-unsaturated/α-hetero) is 1. The summed E-state index contributed by atoms with van der Waals surface area (Å²) in [6, 6.07) is 0. The first kappa shape index (κ1) is 14.6. The highest BCUT2D eigenvalue weighted by Crippen LogP contribution is 2.07. The second-order valence-corrected chi connectivity index (χ2v) is 6.93. The van der Waals surface area contributed by atoms with Gasteiger partial charge in [0.05, 0.1) is 11.4 Å². The van der Waals surface area contributed by atoms with E-state index >= 15 is 0 Å². The minimum Gasteiger partial charge on any atom is -0.368 e. The summed E-state index contributed by atoms with van der Waals surface area (Å²) in [6.07, 6.45) is 1.82. The van der Waals surface area contributed by atoms with Crippen LogP contribution in [0.1, 0.15) is 33.6 Å². The van der Waals surface area contributed by atoms with E-state index < -0.39 is 9.84 Å². The Morgan fingerprint density at radius 1 is 1.27 bits per heavy atom. The molecular formula is C10H20O4S. The minimum atomic E-state index is -2.96. The lowest BCUT2D eigenvalue weighted by Crippen LogP contribution is -2.23. The third-order valence-electron chi connectivity index (χ3n) is 1.64. The summed E-state index contributed by atoms with van der Waals surface area (Å²) >= 11 is 0. The number of ketones is 1. The molecule has 0 rings (SSSR count). The molecule has 0 atom stereocenters. The smallest absolute Gasteiger partial charge is 0.158 e. The summed E-state index contributed by atoms with van der Waals surface area (Å²) in [5, 5.41) is 0. The highest BCUT2D eigenvalue weighted by Gasteiger charge is 2.13. The van der Waals surface area contributed by atoms with E-state index in [1.54, 1.807) is 0 Å². The number of hydrogen-bond donors (Lipinski definition) is 0. The van der Waals surface area contributed by atoms with Crippen LogP contribution in [0.4, 0.5) is 0 Å². The summed E-state index contributed by atoms with van der Waals surface area (Å²) in [7, 11) is -2.96. The quantitative estimate of drug-likeness (QED) is 0.695. The van der Waals surface area contributed by atoms with Crippen molar-refractivity contribution < 1.29 is 17.9 Å². The van der Waals surface area contributed by atoms with Crippen LogP contribution < -0.4 is 0 Å². The number of carbonyl (C=O) groups excluding carboxylic acids is 1. The molecule has 0 fully saturated rings. The van der Waals surface area contributed by atoms with Gasteiger partial charge < -0.3 is 4.74 Å². The molecule has 0 aromatic heterocycles. The Hall–Kier alpha value is -0.420.